The van der Waals surface area contributed by atoms with Gasteiger partial charge in [-0.25, -0.2) is 0 Å². The molecule has 1 aliphatic heterocycles. The van der Waals surface area contributed by atoms with Crippen LogP contribution in [0.15, 0.2) is 24.3 Å². The molecule has 0 spiro atoms. The Morgan fingerprint density at radius 3 is 2.73 bits per heavy atom. The molecule has 1 heterocycles. The third-order valence-electron chi connectivity index (χ3n) is 4.30. The molecule has 0 unspecified atom stereocenters. The molecule has 7 heteroatoms. The first-order valence-corrected chi connectivity index (χ1v) is 8.93. The number of nitrogens with zero attached hydrogens (tertiary/aromatic N) is 1. The van der Waals surface area contributed by atoms with Gasteiger partial charge in [-0.15, -0.1) is 0 Å². The number of carbonyl (C=O) groups is 2. The molecule has 1 saturated heterocycles. The lowest BCUT2D eigenvalue weighted by Gasteiger charge is -2.32. The first kappa shape index (κ1) is 20.2. The van der Waals surface area contributed by atoms with Crippen LogP contribution in [0.3, 0.4) is 0 Å². The molecule has 0 aliphatic carbocycles. The summed E-state index contributed by atoms with van der Waals surface area (Å²) in [5, 5.41) is 2.84. The van der Waals surface area contributed by atoms with Crippen LogP contribution in [0.25, 0.3) is 0 Å². The molecule has 0 saturated carbocycles. The number of nitrogens with one attached hydrogen (secondary N) is 1. The van der Waals surface area contributed by atoms with Gasteiger partial charge in [0.25, 0.3) is 0 Å². The number of rotatable bonds is 9. The number of hydrogen-bond donors (Lipinski definition) is 1. The van der Waals surface area contributed by atoms with Crippen molar-refractivity contribution >= 4 is 11.9 Å². The summed E-state index contributed by atoms with van der Waals surface area (Å²) in [6.45, 7) is 4.36. The number of esters is 1. The Bertz CT molecular complexity index is 587. The lowest BCUT2D eigenvalue weighted by Crippen LogP contribution is -2.48. The average molecular weight is 364 g/mol. The Hall–Kier alpha value is -2.12. The molecule has 144 valence electrons. The van der Waals surface area contributed by atoms with Gasteiger partial charge in [0.2, 0.25) is 5.91 Å². The number of ether oxygens (including phenoxy) is 3. The van der Waals surface area contributed by atoms with Crippen molar-refractivity contribution in [1.82, 2.24) is 10.2 Å². The summed E-state index contributed by atoms with van der Waals surface area (Å²) in [7, 11) is 1.35. The Morgan fingerprint density at radius 1 is 1.27 bits per heavy atom. The fourth-order valence-corrected chi connectivity index (χ4v) is 2.90. The molecular weight excluding hydrogens is 336 g/mol. The lowest BCUT2D eigenvalue weighted by molar-refractivity contribution is -0.143. The van der Waals surface area contributed by atoms with Gasteiger partial charge in [0.15, 0.2) is 0 Å². The van der Waals surface area contributed by atoms with E-state index >= 15 is 0 Å². The summed E-state index contributed by atoms with van der Waals surface area (Å²) >= 11 is 0. The highest BCUT2D eigenvalue weighted by atomic mass is 16.5. The van der Waals surface area contributed by atoms with Crippen molar-refractivity contribution in [2.24, 2.45) is 0 Å². The van der Waals surface area contributed by atoms with Crippen LogP contribution in [0, 0.1) is 6.92 Å². The van der Waals surface area contributed by atoms with Crippen LogP contribution >= 0.6 is 0 Å². The Labute approximate surface area is 154 Å². The zero-order valence-electron chi connectivity index (χ0n) is 15.5. The van der Waals surface area contributed by atoms with E-state index in [2.05, 4.69) is 5.32 Å². The first-order valence-electron chi connectivity index (χ1n) is 8.93. The second-order valence-corrected chi connectivity index (χ2v) is 6.34. The van der Waals surface area contributed by atoms with E-state index < -0.39 is 0 Å². The van der Waals surface area contributed by atoms with Gasteiger partial charge in [-0.3, -0.25) is 14.5 Å². The van der Waals surface area contributed by atoms with Crippen molar-refractivity contribution in [3.63, 3.8) is 0 Å². The second kappa shape index (κ2) is 10.8. The summed E-state index contributed by atoms with van der Waals surface area (Å²) in [5.74, 6) is 0.314. The quantitative estimate of drug-likeness (QED) is 0.523. The van der Waals surface area contributed by atoms with E-state index in [-0.39, 0.29) is 31.0 Å². The second-order valence-electron chi connectivity index (χ2n) is 6.34. The molecule has 0 radical (unpaired) electrons. The van der Waals surface area contributed by atoms with Gasteiger partial charge in [0, 0.05) is 19.3 Å². The van der Waals surface area contributed by atoms with Crippen LogP contribution < -0.4 is 10.1 Å². The summed E-state index contributed by atoms with van der Waals surface area (Å²) in [6.07, 6.45) is 1.61. The third-order valence-corrected chi connectivity index (χ3v) is 4.30. The van der Waals surface area contributed by atoms with Crippen molar-refractivity contribution in [3.8, 4) is 5.75 Å². The summed E-state index contributed by atoms with van der Waals surface area (Å²) in [5.41, 5.74) is 1.13. The molecule has 0 atom stereocenters. The molecular formula is C19H28N2O5. The number of methoxy groups -OCH3 is 1. The maximum atomic E-state index is 12.2. The molecule has 1 aliphatic rings. The molecule has 2 rings (SSSR count). The van der Waals surface area contributed by atoms with Crippen molar-refractivity contribution in [1.29, 1.82) is 0 Å². The molecule has 0 aromatic heterocycles. The van der Waals surface area contributed by atoms with Crippen molar-refractivity contribution in [3.05, 3.63) is 29.8 Å². The largest absolute Gasteiger partial charge is 0.492 e. The zero-order valence-corrected chi connectivity index (χ0v) is 15.5. The Kier molecular flexibility index (Phi) is 8.37. The lowest BCUT2D eigenvalue weighted by atomic mass is 10.1. The highest BCUT2D eigenvalue weighted by molar-refractivity contribution is 5.79. The maximum Gasteiger partial charge on any atom is 0.319 e. The summed E-state index contributed by atoms with van der Waals surface area (Å²) in [6, 6.07) is 7.92. The predicted octanol–water partition coefficient (Wildman–Crippen LogP) is 1.14. The fraction of sp³-hybridized carbons (Fsp3) is 0.579. The van der Waals surface area contributed by atoms with Gasteiger partial charge in [0.05, 0.1) is 26.7 Å². The van der Waals surface area contributed by atoms with E-state index in [1.54, 1.807) is 0 Å². The molecule has 1 aromatic rings. The van der Waals surface area contributed by atoms with Crippen LogP contribution in [-0.4, -0.2) is 69.4 Å². The van der Waals surface area contributed by atoms with Gasteiger partial charge < -0.3 is 19.5 Å². The first-order chi connectivity index (χ1) is 12.6. The summed E-state index contributed by atoms with van der Waals surface area (Å²) in [4.78, 5) is 25.8. The van der Waals surface area contributed by atoms with E-state index in [0.717, 1.165) is 24.2 Å². The standard InChI is InChI=1S/C19H28N2O5/c1-15-4-3-5-17(12-15)26-11-8-20-18(22)13-21(14-19(23)24-2)16-6-9-25-10-7-16/h3-5,12,16H,6-11,13-14H2,1-2H3,(H,20,22). The molecule has 1 amide bonds. The predicted molar refractivity (Wildman–Crippen MR) is 97.1 cm³/mol. The van der Waals surface area contributed by atoms with Gasteiger partial charge in [-0.2, -0.15) is 0 Å². The highest BCUT2D eigenvalue weighted by Crippen LogP contribution is 2.14. The molecule has 26 heavy (non-hydrogen) atoms. The number of carbonyl (C=O) groups excluding carboxylic acids is 2. The minimum atomic E-state index is -0.341. The van der Waals surface area contributed by atoms with E-state index in [1.165, 1.54) is 7.11 Å². The minimum absolute atomic E-state index is 0.106. The molecule has 1 N–H and O–H groups in total. The zero-order chi connectivity index (χ0) is 18.8. The molecule has 1 aromatic carbocycles. The smallest absolute Gasteiger partial charge is 0.319 e. The van der Waals surface area contributed by atoms with E-state index in [1.807, 2.05) is 36.1 Å². The Balaban J connectivity index is 1.75. The monoisotopic (exact) mass is 364 g/mol. The maximum absolute atomic E-state index is 12.2. The molecule has 1 fully saturated rings. The van der Waals surface area contributed by atoms with Crippen LogP contribution in [0.1, 0.15) is 18.4 Å². The SMILES string of the molecule is COC(=O)CN(CC(=O)NCCOc1cccc(C)c1)C1CCOCC1. The van der Waals surface area contributed by atoms with Crippen molar-refractivity contribution in [2.45, 2.75) is 25.8 Å². The van der Waals surface area contributed by atoms with Gasteiger partial charge in [-0.1, -0.05) is 12.1 Å². The number of benzene rings is 1. The fourth-order valence-electron chi connectivity index (χ4n) is 2.90. The van der Waals surface area contributed by atoms with E-state index in [0.29, 0.717) is 26.4 Å². The van der Waals surface area contributed by atoms with Crippen LogP contribution in [0.4, 0.5) is 0 Å². The van der Waals surface area contributed by atoms with Crippen molar-refractivity contribution < 1.29 is 23.8 Å². The van der Waals surface area contributed by atoms with E-state index in [4.69, 9.17) is 14.2 Å². The van der Waals surface area contributed by atoms with Gasteiger partial charge in [-0.05, 0) is 37.5 Å². The van der Waals surface area contributed by atoms with Gasteiger partial charge >= 0.3 is 5.97 Å². The van der Waals surface area contributed by atoms with Crippen LogP contribution in [0.5, 0.6) is 5.75 Å². The summed E-state index contributed by atoms with van der Waals surface area (Å²) < 4.78 is 15.7. The minimum Gasteiger partial charge on any atom is -0.492 e. The Morgan fingerprint density at radius 2 is 2.04 bits per heavy atom. The van der Waals surface area contributed by atoms with Crippen LogP contribution in [0.2, 0.25) is 0 Å². The topological polar surface area (TPSA) is 77.1 Å². The van der Waals surface area contributed by atoms with Gasteiger partial charge in [0.1, 0.15) is 12.4 Å². The molecule has 7 nitrogen and oxygen atoms in total. The normalized spacial score (nSPS) is 14.9. The van der Waals surface area contributed by atoms with Crippen molar-refractivity contribution in [2.75, 3.05) is 46.6 Å². The van der Waals surface area contributed by atoms with E-state index in [9.17, 15) is 9.59 Å². The average Bonchev–Trinajstić information content (AvgIpc) is 2.65. The third kappa shape index (κ3) is 7.01. The number of hydrogen-bond acceptors (Lipinski definition) is 6. The number of amides is 1. The highest BCUT2D eigenvalue weighted by Gasteiger charge is 2.25. The molecule has 0 bridgehead atoms. The van der Waals surface area contributed by atoms with Crippen LogP contribution in [-0.2, 0) is 19.1 Å². The number of aryl methyl sites for hydroxylation is 1.